The summed E-state index contributed by atoms with van der Waals surface area (Å²) in [6.45, 7) is 8.00. The van der Waals surface area contributed by atoms with Gasteiger partial charge in [-0.15, -0.1) is 0 Å². The van der Waals surface area contributed by atoms with Gasteiger partial charge in [0.25, 0.3) is 0 Å². The SMILES string of the molecule is CCN1CCC(CNS(=O)(=O)CC2CCCNC2)CC1. The average Bonchev–Trinajstić information content (AvgIpc) is 2.46. The number of hydrogen-bond acceptors (Lipinski definition) is 4. The van der Waals surface area contributed by atoms with Gasteiger partial charge in [-0.3, -0.25) is 0 Å². The number of piperidine rings is 2. The van der Waals surface area contributed by atoms with E-state index < -0.39 is 10.0 Å². The van der Waals surface area contributed by atoms with Crippen LogP contribution < -0.4 is 10.0 Å². The first kappa shape index (κ1) is 16.2. The molecule has 0 aromatic rings. The number of hydrogen-bond donors (Lipinski definition) is 2. The lowest BCUT2D eigenvalue weighted by Gasteiger charge is -2.31. The maximum Gasteiger partial charge on any atom is 0.211 e. The lowest BCUT2D eigenvalue weighted by Crippen LogP contribution is -2.41. The third-order valence-electron chi connectivity index (χ3n) is 4.60. The lowest BCUT2D eigenvalue weighted by molar-refractivity contribution is 0.193. The number of nitrogens with zero attached hydrogens (tertiary/aromatic N) is 1. The zero-order valence-electron chi connectivity index (χ0n) is 12.6. The van der Waals surface area contributed by atoms with E-state index in [-0.39, 0.29) is 11.7 Å². The molecule has 2 heterocycles. The number of likely N-dealkylation sites (tertiary alicyclic amines) is 1. The van der Waals surface area contributed by atoms with Crippen molar-refractivity contribution in [3.8, 4) is 0 Å². The monoisotopic (exact) mass is 303 g/mol. The molecule has 0 bridgehead atoms. The van der Waals surface area contributed by atoms with Crippen LogP contribution in [0, 0.1) is 11.8 Å². The molecule has 0 amide bonds. The Morgan fingerprint density at radius 3 is 2.55 bits per heavy atom. The van der Waals surface area contributed by atoms with Gasteiger partial charge in [0, 0.05) is 6.54 Å². The van der Waals surface area contributed by atoms with Crippen molar-refractivity contribution in [3.05, 3.63) is 0 Å². The summed E-state index contributed by atoms with van der Waals surface area (Å²) in [5.74, 6) is 1.08. The van der Waals surface area contributed by atoms with Crippen LogP contribution >= 0.6 is 0 Å². The molecule has 20 heavy (non-hydrogen) atoms. The molecule has 2 N–H and O–H groups in total. The summed E-state index contributed by atoms with van der Waals surface area (Å²) in [5, 5.41) is 3.28. The van der Waals surface area contributed by atoms with Gasteiger partial charge < -0.3 is 10.2 Å². The Bertz CT molecular complexity index is 372. The van der Waals surface area contributed by atoms with Gasteiger partial charge in [0.05, 0.1) is 5.75 Å². The fourth-order valence-electron chi connectivity index (χ4n) is 3.19. The zero-order valence-corrected chi connectivity index (χ0v) is 13.4. The Morgan fingerprint density at radius 1 is 1.20 bits per heavy atom. The summed E-state index contributed by atoms with van der Waals surface area (Å²) >= 11 is 0. The van der Waals surface area contributed by atoms with Crippen LogP contribution in [-0.4, -0.2) is 58.3 Å². The van der Waals surface area contributed by atoms with Gasteiger partial charge in [-0.05, 0) is 70.2 Å². The van der Waals surface area contributed by atoms with Crippen molar-refractivity contribution in [1.82, 2.24) is 14.9 Å². The molecule has 2 aliphatic rings. The van der Waals surface area contributed by atoms with Crippen molar-refractivity contribution in [2.75, 3.05) is 45.0 Å². The first-order valence-corrected chi connectivity index (χ1v) is 9.64. The van der Waals surface area contributed by atoms with Crippen LogP contribution in [0.2, 0.25) is 0 Å². The largest absolute Gasteiger partial charge is 0.316 e. The molecular formula is C14H29N3O2S. The van der Waals surface area contributed by atoms with Gasteiger partial charge in [0.1, 0.15) is 0 Å². The summed E-state index contributed by atoms with van der Waals surface area (Å²) in [6, 6.07) is 0. The molecule has 0 aliphatic carbocycles. The Labute approximate surface area is 123 Å². The maximum atomic E-state index is 12.1. The highest BCUT2D eigenvalue weighted by Crippen LogP contribution is 2.17. The second-order valence-corrected chi connectivity index (χ2v) is 8.07. The van der Waals surface area contributed by atoms with E-state index in [0.717, 1.165) is 58.4 Å². The van der Waals surface area contributed by atoms with E-state index in [9.17, 15) is 8.42 Å². The van der Waals surface area contributed by atoms with Crippen LogP contribution in [0.25, 0.3) is 0 Å². The minimum atomic E-state index is -3.10. The van der Waals surface area contributed by atoms with Crippen LogP contribution in [-0.2, 0) is 10.0 Å². The van der Waals surface area contributed by atoms with Crippen LogP contribution in [0.15, 0.2) is 0 Å². The highest BCUT2D eigenvalue weighted by Gasteiger charge is 2.23. The second-order valence-electron chi connectivity index (χ2n) is 6.22. The molecular weight excluding hydrogens is 274 g/mol. The molecule has 2 fully saturated rings. The third-order valence-corrected chi connectivity index (χ3v) is 6.12. The van der Waals surface area contributed by atoms with Crippen LogP contribution in [0.1, 0.15) is 32.6 Å². The molecule has 0 spiro atoms. The predicted molar refractivity (Wildman–Crippen MR) is 82.2 cm³/mol. The Hall–Kier alpha value is -0.170. The van der Waals surface area contributed by atoms with Crippen molar-refractivity contribution >= 4 is 10.0 Å². The van der Waals surface area contributed by atoms with Crippen LogP contribution in [0.5, 0.6) is 0 Å². The smallest absolute Gasteiger partial charge is 0.211 e. The van der Waals surface area contributed by atoms with Crippen molar-refractivity contribution < 1.29 is 8.42 Å². The molecule has 2 aliphatic heterocycles. The fourth-order valence-corrected chi connectivity index (χ4v) is 4.70. The standard InChI is InChI=1S/C14H29N3O2S/c1-2-17-8-5-13(6-9-17)11-16-20(18,19)12-14-4-3-7-15-10-14/h13-16H,2-12H2,1H3. The zero-order chi connectivity index (χ0) is 14.4. The van der Waals surface area contributed by atoms with Gasteiger partial charge in [-0.2, -0.15) is 0 Å². The molecule has 118 valence electrons. The molecule has 1 atom stereocenters. The number of nitrogens with one attached hydrogen (secondary N) is 2. The van der Waals surface area contributed by atoms with Gasteiger partial charge in [-0.1, -0.05) is 6.92 Å². The van der Waals surface area contributed by atoms with E-state index in [1.165, 1.54) is 0 Å². The Kier molecular flexibility index (Phi) is 6.26. The van der Waals surface area contributed by atoms with Gasteiger partial charge in [-0.25, -0.2) is 13.1 Å². The molecule has 0 aromatic heterocycles. The van der Waals surface area contributed by atoms with Crippen molar-refractivity contribution in [2.24, 2.45) is 11.8 Å². The second kappa shape index (κ2) is 7.73. The molecule has 2 rings (SSSR count). The van der Waals surface area contributed by atoms with E-state index in [0.29, 0.717) is 12.5 Å². The average molecular weight is 303 g/mol. The molecule has 5 nitrogen and oxygen atoms in total. The molecule has 0 saturated carbocycles. The lowest BCUT2D eigenvalue weighted by atomic mass is 9.97. The molecule has 0 radical (unpaired) electrons. The van der Waals surface area contributed by atoms with E-state index in [2.05, 4.69) is 21.9 Å². The van der Waals surface area contributed by atoms with E-state index in [1.54, 1.807) is 0 Å². The molecule has 1 unspecified atom stereocenters. The first-order chi connectivity index (χ1) is 9.59. The number of rotatable bonds is 6. The normalized spacial score (nSPS) is 26.8. The van der Waals surface area contributed by atoms with Crippen LogP contribution in [0.3, 0.4) is 0 Å². The molecule has 0 aromatic carbocycles. The predicted octanol–water partition coefficient (Wildman–Crippen LogP) is 0.637. The summed E-state index contributed by atoms with van der Waals surface area (Å²) in [5.41, 5.74) is 0. The van der Waals surface area contributed by atoms with Gasteiger partial charge >= 0.3 is 0 Å². The number of sulfonamides is 1. The molecule has 2 saturated heterocycles. The van der Waals surface area contributed by atoms with E-state index in [1.807, 2.05) is 0 Å². The van der Waals surface area contributed by atoms with Gasteiger partial charge in [0.2, 0.25) is 10.0 Å². The summed E-state index contributed by atoms with van der Waals surface area (Å²) in [4.78, 5) is 2.43. The van der Waals surface area contributed by atoms with Gasteiger partial charge in [0.15, 0.2) is 0 Å². The molecule has 6 heteroatoms. The first-order valence-electron chi connectivity index (χ1n) is 7.99. The Balaban J connectivity index is 1.69. The highest BCUT2D eigenvalue weighted by atomic mass is 32.2. The van der Waals surface area contributed by atoms with Crippen molar-refractivity contribution in [1.29, 1.82) is 0 Å². The van der Waals surface area contributed by atoms with E-state index in [4.69, 9.17) is 0 Å². The fraction of sp³-hybridized carbons (Fsp3) is 1.00. The summed E-state index contributed by atoms with van der Waals surface area (Å²) in [7, 11) is -3.10. The highest BCUT2D eigenvalue weighted by molar-refractivity contribution is 7.89. The topological polar surface area (TPSA) is 61.4 Å². The quantitative estimate of drug-likeness (QED) is 0.756. The maximum absolute atomic E-state index is 12.1. The summed E-state index contributed by atoms with van der Waals surface area (Å²) in [6.07, 6.45) is 4.35. The minimum absolute atomic E-state index is 0.281. The Morgan fingerprint density at radius 2 is 1.95 bits per heavy atom. The summed E-state index contributed by atoms with van der Waals surface area (Å²) < 4.78 is 27.1. The van der Waals surface area contributed by atoms with Crippen molar-refractivity contribution in [3.63, 3.8) is 0 Å². The minimum Gasteiger partial charge on any atom is -0.316 e. The van der Waals surface area contributed by atoms with E-state index >= 15 is 0 Å². The third kappa shape index (κ3) is 5.31. The van der Waals surface area contributed by atoms with Crippen molar-refractivity contribution in [2.45, 2.75) is 32.6 Å². The van der Waals surface area contributed by atoms with Crippen LogP contribution in [0.4, 0.5) is 0 Å².